The molecule has 232 valence electrons. The first kappa shape index (κ1) is 29.9. The Hall–Kier alpha value is -4.16. The predicted molar refractivity (Wildman–Crippen MR) is 161 cm³/mol. The molecule has 3 N–H and O–H groups in total. The molecule has 1 aliphatic heterocycles. The van der Waals surface area contributed by atoms with Crippen molar-refractivity contribution in [1.82, 2.24) is 24.9 Å². The average Bonchev–Trinajstić information content (AvgIpc) is 3.67. The molecule has 3 aromatic heterocycles. The number of nitrogens with one attached hydrogen (secondary N) is 1. The first-order chi connectivity index (χ1) is 21.2. The number of rotatable bonds is 7. The van der Waals surface area contributed by atoms with E-state index >= 15 is 8.78 Å². The molecule has 0 unspecified atom stereocenters. The molecular formula is C32H37F2N7O3. The van der Waals surface area contributed by atoms with Gasteiger partial charge in [0.1, 0.15) is 17.5 Å². The fourth-order valence-corrected chi connectivity index (χ4v) is 6.83. The van der Waals surface area contributed by atoms with Crippen molar-refractivity contribution in [1.29, 1.82) is 0 Å². The van der Waals surface area contributed by atoms with Gasteiger partial charge in [-0.05, 0) is 54.7 Å². The van der Waals surface area contributed by atoms with Crippen LogP contribution in [-0.2, 0) is 21.5 Å². The topological polar surface area (TPSA) is 120 Å². The van der Waals surface area contributed by atoms with E-state index in [1.54, 1.807) is 42.3 Å². The highest BCUT2D eigenvalue weighted by Gasteiger charge is 2.37. The number of halogens is 2. The van der Waals surface area contributed by atoms with Gasteiger partial charge in [0.2, 0.25) is 0 Å². The number of amides is 1. The lowest BCUT2D eigenvalue weighted by Gasteiger charge is -2.42. The number of alkyl carbamates (subject to hydrolysis) is 1. The van der Waals surface area contributed by atoms with Crippen molar-refractivity contribution in [3.05, 3.63) is 77.5 Å². The lowest BCUT2D eigenvalue weighted by Crippen LogP contribution is -2.62. The summed E-state index contributed by atoms with van der Waals surface area (Å²) in [7, 11) is 2.93. The smallest absolute Gasteiger partial charge is 0.407 e. The van der Waals surface area contributed by atoms with E-state index < -0.39 is 23.3 Å². The number of imidazole rings is 1. The van der Waals surface area contributed by atoms with E-state index in [4.69, 9.17) is 15.2 Å². The van der Waals surface area contributed by atoms with Crippen LogP contribution in [0.25, 0.3) is 16.8 Å². The molecule has 2 aliphatic rings. The molecule has 1 amide bonds. The summed E-state index contributed by atoms with van der Waals surface area (Å²) in [4.78, 5) is 23.0. The minimum Gasteiger partial charge on any atom is -0.453 e. The van der Waals surface area contributed by atoms with Crippen molar-refractivity contribution in [2.75, 3.05) is 32.2 Å². The summed E-state index contributed by atoms with van der Waals surface area (Å²) in [6.45, 7) is 3.21. The van der Waals surface area contributed by atoms with Crippen molar-refractivity contribution >= 4 is 17.3 Å². The molecule has 44 heavy (non-hydrogen) atoms. The van der Waals surface area contributed by atoms with E-state index in [2.05, 4.69) is 25.3 Å². The van der Waals surface area contributed by atoms with E-state index in [-0.39, 0.29) is 29.3 Å². The lowest BCUT2D eigenvalue weighted by molar-refractivity contribution is -0.00914. The molecule has 0 bridgehead atoms. The Bertz CT molecular complexity index is 1640. The molecule has 1 aliphatic carbocycles. The highest BCUT2D eigenvalue weighted by atomic mass is 19.1. The molecular weight excluding hydrogens is 568 g/mol. The van der Waals surface area contributed by atoms with Crippen LogP contribution in [0.1, 0.15) is 49.6 Å². The Kier molecular flexibility index (Phi) is 8.21. The number of aromatic nitrogens is 4. The third-order valence-electron chi connectivity index (χ3n) is 9.13. The van der Waals surface area contributed by atoms with Crippen LogP contribution < -0.4 is 16.0 Å². The number of carbonyl (C=O) groups excluding carboxylic acids is 1. The van der Waals surface area contributed by atoms with Gasteiger partial charge in [-0.1, -0.05) is 19.8 Å². The maximum atomic E-state index is 15.6. The van der Waals surface area contributed by atoms with Crippen molar-refractivity contribution in [3.63, 3.8) is 0 Å². The molecule has 4 aromatic rings. The Morgan fingerprint density at radius 3 is 2.55 bits per heavy atom. The van der Waals surface area contributed by atoms with E-state index in [9.17, 15) is 4.79 Å². The molecule has 1 saturated carbocycles. The van der Waals surface area contributed by atoms with Crippen LogP contribution in [0.3, 0.4) is 0 Å². The van der Waals surface area contributed by atoms with Crippen molar-refractivity contribution in [2.45, 2.75) is 56.7 Å². The first-order valence-corrected chi connectivity index (χ1v) is 14.9. The highest BCUT2D eigenvalue weighted by Crippen LogP contribution is 2.43. The van der Waals surface area contributed by atoms with Gasteiger partial charge < -0.3 is 25.4 Å². The molecule has 2 fully saturated rings. The van der Waals surface area contributed by atoms with Gasteiger partial charge in [0, 0.05) is 56.3 Å². The molecule has 1 saturated heterocycles. The summed E-state index contributed by atoms with van der Waals surface area (Å²) in [5.41, 5.74) is 8.87. The van der Waals surface area contributed by atoms with Gasteiger partial charge in [-0.15, -0.1) is 0 Å². The number of methoxy groups -OCH3 is 2. The van der Waals surface area contributed by atoms with Crippen molar-refractivity contribution < 1.29 is 23.0 Å². The van der Waals surface area contributed by atoms with Gasteiger partial charge in [0.15, 0.2) is 0 Å². The molecule has 3 atom stereocenters. The number of fused-ring (bicyclic) bond motifs is 1. The maximum absolute atomic E-state index is 15.6. The van der Waals surface area contributed by atoms with Gasteiger partial charge >= 0.3 is 6.09 Å². The van der Waals surface area contributed by atoms with E-state index in [1.807, 2.05) is 13.0 Å². The zero-order valence-corrected chi connectivity index (χ0v) is 25.1. The number of piperidine rings is 1. The number of carbonyl (C=O) groups is 1. The van der Waals surface area contributed by atoms with Gasteiger partial charge in [-0.2, -0.15) is 5.10 Å². The first-order valence-electron chi connectivity index (χ1n) is 14.9. The van der Waals surface area contributed by atoms with Gasteiger partial charge in [-0.25, -0.2) is 23.1 Å². The fraction of sp³-hybridized carbons (Fsp3) is 0.438. The van der Waals surface area contributed by atoms with E-state index in [1.165, 1.54) is 19.2 Å². The largest absolute Gasteiger partial charge is 0.453 e. The number of benzene rings is 1. The Morgan fingerprint density at radius 2 is 1.86 bits per heavy atom. The van der Waals surface area contributed by atoms with Gasteiger partial charge in [-0.3, -0.25) is 4.98 Å². The number of ether oxygens (including phenoxy) is 2. The highest BCUT2D eigenvalue weighted by molar-refractivity contribution is 5.68. The Morgan fingerprint density at radius 1 is 1.11 bits per heavy atom. The lowest BCUT2D eigenvalue weighted by atomic mass is 9.89. The number of hydrogen-bond acceptors (Lipinski definition) is 8. The van der Waals surface area contributed by atoms with Crippen LogP contribution in [0.5, 0.6) is 0 Å². The number of nitrogens with two attached hydrogens (primary N) is 1. The molecule has 6 rings (SSSR count). The normalized spacial score (nSPS) is 21.5. The van der Waals surface area contributed by atoms with Crippen LogP contribution >= 0.6 is 0 Å². The minimum atomic E-state index is -0.679. The average molecular weight is 606 g/mol. The summed E-state index contributed by atoms with van der Waals surface area (Å²) in [5.74, 6) is -0.708. The summed E-state index contributed by atoms with van der Waals surface area (Å²) < 4.78 is 43.2. The molecule has 0 spiro atoms. The van der Waals surface area contributed by atoms with Crippen LogP contribution in [0.15, 0.2) is 48.9 Å². The van der Waals surface area contributed by atoms with Gasteiger partial charge in [0.25, 0.3) is 0 Å². The molecule has 0 radical (unpaired) electrons. The second-order valence-electron chi connectivity index (χ2n) is 11.8. The third-order valence-corrected chi connectivity index (χ3v) is 9.13. The van der Waals surface area contributed by atoms with Crippen LogP contribution in [0.2, 0.25) is 0 Å². The van der Waals surface area contributed by atoms with E-state index in [0.29, 0.717) is 36.4 Å². The van der Waals surface area contributed by atoms with Crippen LogP contribution in [-0.4, -0.2) is 65.1 Å². The third kappa shape index (κ3) is 5.48. The number of pyridine rings is 1. The summed E-state index contributed by atoms with van der Waals surface area (Å²) in [5, 5.41) is 7.49. The zero-order valence-electron chi connectivity index (χ0n) is 25.1. The number of hydrogen-bond donors (Lipinski definition) is 2. The second-order valence-corrected chi connectivity index (χ2v) is 11.8. The van der Waals surface area contributed by atoms with E-state index in [0.717, 1.165) is 36.9 Å². The Labute approximate surface area is 254 Å². The quantitative estimate of drug-likeness (QED) is 0.314. The van der Waals surface area contributed by atoms with Crippen molar-refractivity contribution in [2.24, 2.45) is 11.7 Å². The monoisotopic (exact) mass is 605 g/mol. The zero-order chi connectivity index (χ0) is 31.0. The maximum Gasteiger partial charge on any atom is 0.407 e. The fourth-order valence-electron chi connectivity index (χ4n) is 6.83. The summed E-state index contributed by atoms with van der Waals surface area (Å²) in [6, 6.07) is 7.50. The number of nitrogens with zero attached hydrogens (tertiary/aromatic N) is 5. The molecule has 10 nitrogen and oxygen atoms in total. The summed E-state index contributed by atoms with van der Waals surface area (Å²) in [6.07, 6.45) is 8.43. The van der Waals surface area contributed by atoms with Crippen LogP contribution in [0, 0.1) is 17.6 Å². The number of anilines is 1. The molecule has 1 aromatic carbocycles. The minimum absolute atomic E-state index is 0.0546. The van der Waals surface area contributed by atoms with Gasteiger partial charge in [0.05, 0.1) is 41.7 Å². The molecule has 4 heterocycles. The summed E-state index contributed by atoms with van der Waals surface area (Å²) >= 11 is 0. The standard InChI is InChI=1S/C32H37F2N7O3/c1-19-17-40(18-25(35)30(19)38-31(42)43-2)27-8-11-36-15-20(27)12-28-37-16-22-6-7-26(39-41(22)28)29-23(33)13-21(14-24(29)34)32(44-3)9-4-5-10-32/h6-8,11,13-16,19,25,30H,4-5,9-10,12,17-18,35H2,1-3H3,(H,38,42)/t19-,25+,30-/m0/s1. The Balaban J connectivity index is 1.28. The SMILES string of the molecule is COC(=O)N[C@@H]1[C@H](N)CN(c2ccncc2Cc2ncc3ccc(-c4c(F)cc(C5(OC)CCCC5)cc4F)nn23)C[C@@H]1C. The second kappa shape index (κ2) is 12.1. The van der Waals surface area contributed by atoms with Crippen molar-refractivity contribution in [3.8, 4) is 11.3 Å². The van der Waals surface area contributed by atoms with Crippen LogP contribution in [0.4, 0.5) is 19.3 Å². The molecule has 12 heteroatoms. The predicted octanol–water partition coefficient (Wildman–Crippen LogP) is 4.58.